The van der Waals surface area contributed by atoms with Crippen molar-refractivity contribution in [2.24, 2.45) is 5.92 Å². The van der Waals surface area contributed by atoms with Crippen LogP contribution in [0.25, 0.3) is 0 Å². The second-order valence-electron chi connectivity index (χ2n) is 8.68. The van der Waals surface area contributed by atoms with Crippen LogP contribution in [0.4, 0.5) is 0 Å². The summed E-state index contributed by atoms with van der Waals surface area (Å²) < 4.78 is 11.5. The van der Waals surface area contributed by atoms with Gasteiger partial charge in [0.2, 0.25) is 17.9 Å². The zero-order chi connectivity index (χ0) is 22.8. The summed E-state index contributed by atoms with van der Waals surface area (Å²) in [6, 6.07) is 17.1. The molecule has 2 saturated heterocycles. The number of piperazine rings is 1. The van der Waals surface area contributed by atoms with Crippen LogP contribution in [0.1, 0.15) is 12.0 Å². The van der Waals surface area contributed by atoms with Crippen molar-refractivity contribution in [2.45, 2.75) is 19.1 Å². The van der Waals surface area contributed by atoms with Crippen molar-refractivity contribution < 1.29 is 23.9 Å². The van der Waals surface area contributed by atoms with Crippen LogP contribution in [0.2, 0.25) is 0 Å². The van der Waals surface area contributed by atoms with Crippen molar-refractivity contribution in [3.8, 4) is 11.5 Å². The van der Waals surface area contributed by atoms with Gasteiger partial charge in [0.1, 0.15) is 6.61 Å². The number of carbonyl (C=O) groups is 3. The molecule has 2 aromatic carbocycles. The second-order valence-corrected chi connectivity index (χ2v) is 8.68. The lowest BCUT2D eigenvalue weighted by Gasteiger charge is -2.37. The minimum Gasteiger partial charge on any atom is -0.485 e. The van der Waals surface area contributed by atoms with Crippen LogP contribution >= 0.6 is 0 Å². The van der Waals surface area contributed by atoms with E-state index in [0.717, 1.165) is 5.56 Å². The summed E-state index contributed by atoms with van der Waals surface area (Å²) in [7, 11) is 0. The minimum atomic E-state index is -0.679. The monoisotopic (exact) mass is 449 g/mol. The van der Waals surface area contributed by atoms with Gasteiger partial charge in [0, 0.05) is 45.7 Å². The highest BCUT2D eigenvalue weighted by Gasteiger charge is 2.38. The van der Waals surface area contributed by atoms with Crippen LogP contribution < -0.4 is 9.47 Å². The number of hydrogen-bond acceptors (Lipinski definition) is 5. The van der Waals surface area contributed by atoms with E-state index in [2.05, 4.69) is 0 Å². The first kappa shape index (κ1) is 21.3. The lowest BCUT2D eigenvalue weighted by molar-refractivity contribution is -0.147. The standard InChI is InChI=1S/C25H27N3O5/c29-23-14-19(16-28(23)15-18-6-2-1-3-7-18)24(30)26-10-12-27(13-11-26)25(31)22-17-32-20-8-4-5-9-21(20)33-22/h1-9,19,22H,10-17H2/t19-,22-/m0/s1. The Morgan fingerprint density at radius 2 is 1.48 bits per heavy atom. The fourth-order valence-electron chi connectivity index (χ4n) is 4.64. The summed E-state index contributed by atoms with van der Waals surface area (Å²) in [6.07, 6.45) is -0.432. The van der Waals surface area contributed by atoms with Gasteiger partial charge in [-0.25, -0.2) is 0 Å². The SMILES string of the molecule is O=C1C[C@H](C(=O)N2CCN(C(=O)[C@@H]3COc4ccccc4O3)CC2)CN1Cc1ccccc1. The van der Waals surface area contributed by atoms with Gasteiger partial charge in [-0.3, -0.25) is 14.4 Å². The Hall–Kier alpha value is -3.55. The molecular weight excluding hydrogens is 422 g/mol. The van der Waals surface area contributed by atoms with Gasteiger partial charge >= 0.3 is 0 Å². The van der Waals surface area contributed by atoms with E-state index in [1.165, 1.54) is 0 Å². The molecule has 2 aromatic rings. The summed E-state index contributed by atoms with van der Waals surface area (Å²) in [5, 5.41) is 0. The molecule has 0 saturated carbocycles. The van der Waals surface area contributed by atoms with Crippen LogP contribution in [-0.4, -0.2) is 77.9 Å². The van der Waals surface area contributed by atoms with Crippen molar-refractivity contribution in [3.05, 3.63) is 60.2 Å². The Morgan fingerprint density at radius 1 is 0.848 bits per heavy atom. The smallest absolute Gasteiger partial charge is 0.267 e. The third kappa shape index (κ3) is 4.51. The van der Waals surface area contributed by atoms with Crippen LogP contribution in [-0.2, 0) is 20.9 Å². The van der Waals surface area contributed by atoms with Crippen LogP contribution in [0.3, 0.4) is 0 Å². The fraction of sp³-hybridized carbons (Fsp3) is 0.400. The van der Waals surface area contributed by atoms with E-state index >= 15 is 0 Å². The highest BCUT2D eigenvalue weighted by Crippen LogP contribution is 2.31. The molecule has 0 bridgehead atoms. The molecule has 0 unspecified atom stereocenters. The van der Waals surface area contributed by atoms with Crippen LogP contribution in [0.5, 0.6) is 11.5 Å². The third-order valence-corrected chi connectivity index (χ3v) is 6.47. The number of rotatable bonds is 4. The number of amides is 3. The van der Waals surface area contributed by atoms with E-state index in [9.17, 15) is 14.4 Å². The van der Waals surface area contributed by atoms with Gasteiger partial charge in [-0.15, -0.1) is 0 Å². The Kier molecular flexibility index (Phi) is 5.90. The predicted molar refractivity (Wildman–Crippen MR) is 119 cm³/mol. The summed E-state index contributed by atoms with van der Waals surface area (Å²) in [5.41, 5.74) is 1.06. The van der Waals surface area contributed by atoms with Gasteiger partial charge in [-0.1, -0.05) is 42.5 Å². The molecule has 0 N–H and O–H groups in total. The van der Waals surface area contributed by atoms with E-state index in [1.54, 1.807) is 20.8 Å². The van der Waals surface area contributed by atoms with Crippen molar-refractivity contribution >= 4 is 17.7 Å². The number of benzene rings is 2. The lowest BCUT2D eigenvalue weighted by atomic mass is 10.1. The molecule has 5 rings (SSSR count). The average Bonchev–Trinajstić information content (AvgIpc) is 3.23. The van der Waals surface area contributed by atoms with E-state index in [4.69, 9.17) is 9.47 Å². The van der Waals surface area contributed by atoms with E-state index in [1.807, 2.05) is 48.5 Å². The molecule has 8 heteroatoms. The molecule has 2 atom stereocenters. The second kappa shape index (κ2) is 9.13. The first-order valence-electron chi connectivity index (χ1n) is 11.4. The van der Waals surface area contributed by atoms with Crippen LogP contribution in [0.15, 0.2) is 54.6 Å². The minimum absolute atomic E-state index is 0.00260. The van der Waals surface area contributed by atoms with Gasteiger partial charge in [-0.05, 0) is 17.7 Å². The Morgan fingerprint density at radius 3 is 2.21 bits per heavy atom. The molecule has 0 spiro atoms. The van der Waals surface area contributed by atoms with Crippen molar-refractivity contribution in [2.75, 3.05) is 39.3 Å². The summed E-state index contributed by atoms with van der Waals surface area (Å²) >= 11 is 0. The molecule has 0 aliphatic carbocycles. The topological polar surface area (TPSA) is 79.4 Å². The average molecular weight is 450 g/mol. The molecule has 2 fully saturated rings. The molecule has 33 heavy (non-hydrogen) atoms. The van der Waals surface area contributed by atoms with Gasteiger partial charge < -0.3 is 24.2 Å². The Bertz CT molecular complexity index is 1040. The molecule has 3 heterocycles. The maximum absolute atomic E-state index is 13.1. The molecule has 3 aliphatic rings. The predicted octanol–water partition coefficient (Wildman–Crippen LogP) is 1.55. The quantitative estimate of drug-likeness (QED) is 0.708. The highest BCUT2D eigenvalue weighted by molar-refractivity contribution is 5.89. The molecule has 0 radical (unpaired) electrons. The Labute approximate surface area is 192 Å². The lowest BCUT2D eigenvalue weighted by Crippen LogP contribution is -2.56. The van der Waals surface area contributed by atoms with Gasteiger partial charge in [-0.2, -0.15) is 0 Å². The number of hydrogen-bond donors (Lipinski definition) is 0. The largest absolute Gasteiger partial charge is 0.485 e. The normalized spacial score (nSPS) is 22.4. The summed E-state index contributed by atoms with van der Waals surface area (Å²) in [4.78, 5) is 43.7. The third-order valence-electron chi connectivity index (χ3n) is 6.47. The summed E-state index contributed by atoms with van der Waals surface area (Å²) in [6.45, 7) is 2.95. The van der Waals surface area contributed by atoms with E-state index in [-0.39, 0.29) is 36.7 Å². The van der Waals surface area contributed by atoms with Gasteiger partial charge in [0.15, 0.2) is 11.5 Å². The Balaban J connectivity index is 1.12. The number of ether oxygens (including phenoxy) is 2. The molecule has 0 aromatic heterocycles. The zero-order valence-electron chi connectivity index (χ0n) is 18.4. The van der Waals surface area contributed by atoms with Crippen molar-refractivity contribution in [1.29, 1.82) is 0 Å². The van der Waals surface area contributed by atoms with Crippen LogP contribution in [0, 0.1) is 5.92 Å². The molecular formula is C25H27N3O5. The molecule has 3 amide bonds. The number of fused-ring (bicyclic) bond motifs is 1. The van der Waals surface area contributed by atoms with E-state index in [0.29, 0.717) is 50.8 Å². The molecule has 8 nitrogen and oxygen atoms in total. The maximum atomic E-state index is 13.1. The summed E-state index contributed by atoms with van der Waals surface area (Å²) in [5.74, 6) is 0.779. The van der Waals surface area contributed by atoms with E-state index < -0.39 is 6.10 Å². The molecule has 172 valence electrons. The number of nitrogens with zero attached hydrogens (tertiary/aromatic N) is 3. The van der Waals surface area contributed by atoms with Crippen molar-refractivity contribution in [3.63, 3.8) is 0 Å². The number of likely N-dealkylation sites (tertiary alicyclic amines) is 1. The fourth-order valence-corrected chi connectivity index (χ4v) is 4.64. The highest BCUT2D eigenvalue weighted by atomic mass is 16.6. The van der Waals surface area contributed by atoms with Gasteiger partial charge in [0.05, 0.1) is 5.92 Å². The first-order chi connectivity index (χ1) is 16.1. The van der Waals surface area contributed by atoms with Gasteiger partial charge in [0.25, 0.3) is 5.91 Å². The van der Waals surface area contributed by atoms with Crippen molar-refractivity contribution in [1.82, 2.24) is 14.7 Å². The molecule has 3 aliphatic heterocycles. The maximum Gasteiger partial charge on any atom is 0.267 e. The zero-order valence-corrected chi connectivity index (χ0v) is 18.4. The number of carbonyl (C=O) groups excluding carboxylic acids is 3. The first-order valence-corrected chi connectivity index (χ1v) is 11.4. The number of para-hydroxylation sites is 2.